The molecule has 3 rings (SSSR count). The van der Waals surface area contributed by atoms with E-state index in [-0.39, 0.29) is 37.2 Å². The maximum atomic E-state index is 13.4. The number of nitrogens with zero attached hydrogens (tertiary/aromatic N) is 4. The minimum atomic E-state index is -0.499. The van der Waals surface area contributed by atoms with Gasteiger partial charge in [-0.3, -0.25) is 14.2 Å². The van der Waals surface area contributed by atoms with Crippen LogP contribution in [0.25, 0.3) is 0 Å². The molecular weight excluding hydrogens is 369 g/mol. The van der Waals surface area contributed by atoms with Crippen LogP contribution in [0.3, 0.4) is 0 Å². The molecule has 0 unspecified atom stereocenters. The van der Waals surface area contributed by atoms with Gasteiger partial charge in [0.05, 0.1) is 0 Å². The average Bonchev–Trinajstić information content (AvgIpc) is 2.98. The molecule has 0 spiro atoms. The summed E-state index contributed by atoms with van der Waals surface area (Å²) in [4.78, 5) is 38.6. The Hall–Kier alpha value is -3.01. The predicted molar refractivity (Wildman–Crippen MR) is 97.1 cm³/mol. The molecule has 0 radical (unpaired) electrons. The Balaban J connectivity index is 1.67. The molecule has 1 aromatic heterocycles. The number of halogens is 1. The molecule has 0 atom stereocenters. The van der Waals surface area contributed by atoms with Crippen molar-refractivity contribution in [3.8, 4) is 0 Å². The fraction of sp³-hybridized carbons (Fsp3) is 0.444. The highest BCUT2D eigenvalue weighted by Crippen LogP contribution is 2.13. The number of hydrogen-bond donors (Lipinski definition) is 1. The molecular formula is C18H22FN5O4. The maximum absolute atomic E-state index is 13.4. The van der Waals surface area contributed by atoms with Crippen LogP contribution in [0, 0.1) is 5.82 Å². The van der Waals surface area contributed by atoms with Gasteiger partial charge in [-0.05, 0) is 24.1 Å². The van der Waals surface area contributed by atoms with Crippen LogP contribution in [0.1, 0.15) is 22.6 Å². The Kier molecular flexibility index (Phi) is 6.19. The molecule has 2 aromatic rings. The fourth-order valence-electron chi connectivity index (χ4n) is 3.01. The van der Waals surface area contributed by atoms with E-state index in [1.54, 1.807) is 19.2 Å². The van der Waals surface area contributed by atoms with Crippen LogP contribution in [0.2, 0.25) is 0 Å². The molecule has 10 heteroatoms. The van der Waals surface area contributed by atoms with E-state index in [1.807, 2.05) is 0 Å². The Morgan fingerprint density at radius 3 is 2.89 bits per heavy atom. The molecule has 1 N–H and O–H groups in total. The summed E-state index contributed by atoms with van der Waals surface area (Å²) in [5.74, 6) is -1.18. The van der Waals surface area contributed by atoms with E-state index in [0.29, 0.717) is 31.7 Å². The summed E-state index contributed by atoms with van der Waals surface area (Å²) in [5, 5.41) is 6.71. The predicted octanol–water partition coefficient (Wildman–Crippen LogP) is -0.00740. The SMILES string of the molecule is COCCCNC(=O)Cn1nc2n(c1=O)CCN(Cc1cccc(F)c1)C2=O. The molecule has 1 aliphatic heterocycles. The summed E-state index contributed by atoms with van der Waals surface area (Å²) in [7, 11) is 1.57. The number of hydrogen-bond acceptors (Lipinski definition) is 5. The van der Waals surface area contributed by atoms with Crippen LogP contribution < -0.4 is 11.0 Å². The van der Waals surface area contributed by atoms with Gasteiger partial charge in [0.25, 0.3) is 5.91 Å². The van der Waals surface area contributed by atoms with Crippen molar-refractivity contribution in [1.82, 2.24) is 24.6 Å². The van der Waals surface area contributed by atoms with E-state index >= 15 is 0 Å². The first-order valence-electron chi connectivity index (χ1n) is 8.96. The first kappa shape index (κ1) is 19.7. The normalized spacial score (nSPS) is 13.5. The van der Waals surface area contributed by atoms with Crippen LogP contribution in [0.5, 0.6) is 0 Å². The number of amides is 2. The smallest absolute Gasteiger partial charge is 0.346 e. The third kappa shape index (κ3) is 4.45. The summed E-state index contributed by atoms with van der Waals surface area (Å²) < 4.78 is 20.5. The molecule has 1 aliphatic rings. The van der Waals surface area contributed by atoms with E-state index in [4.69, 9.17) is 4.74 Å². The van der Waals surface area contributed by atoms with E-state index in [9.17, 15) is 18.8 Å². The minimum absolute atomic E-state index is 0.0140. The van der Waals surface area contributed by atoms with Crippen molar-refractivity contribution in [2.45, 2.75) is 26.1 Å². The first-order valence-corrected chi connectivity index (χ1v) is 8.96. The lowest BCUT2D eigenvalue weighted by molar-refractivity contribution is -0.121. The summed E-state index contributed by atoms with van der Waals surface area (Å²) in [6.45, 7) is 1.48. The summed E-state index contributed by atoms with van der Waals surface area (Å²) in [6.07, 6.45) is 0.657. The third-order valence-corrected chi connectivity index (χ3v) is 4.40. The third-order valence-electron chi connectivity index (χ3n) is 4.40. The van der Waals surface area contributed by atoms with Gasteiger partial charge in [-0.15, -0.1) is 5.10 Å². The topological polar surface area (TPSA) is 98.5 Å². The molecule has 0 fully saturated rings. The number of ether oxygens (including phenoxy) is 1. The number of methoxy groups -OCH3 is 1. The Morgan fingerprint density at radius 2 is 2.14 bits per heavy atom. The Morgan fingerprint density at radius 1 is 1.32 bits per heavy atom. The number of rotatable bonds is 8. The van der Waals surface area contributed by atoms with Gasteiger partial charge in [0.2, 0.25) is 11.7 Å². The fourth-order valence-corrected chi connectivity index (χ4v) is 3.01. The van der Waals surface area contributed by atoms with Gasteiger partial charge in [-0.1, -0.05) is 12.1 Å². The molecule has 2 amide bonds. The average molecular weight is 391 g/mol. The summed E-state index contributed by atoms with van der Waals surface area (Å²) in [6, 6.07) is 6.00. The van der Waals surface area contributed by atoms with Gasteiger partial charge in [0.15, 0.2) is 0 Å². The van der Waals surface area contributed by atoms with E-state index < -0.39 is 11.6 Å². The van der Waals surface area contributed by atoms with Gasteiger partial charge in [0.1, 0.15) is 12.4 Å². The van der Waals surface area contributed by atoms with Crippen molar-refractivity contribution >= 4 is 11.8 Å². The van der Waals surface area contributed by atoms with E-state index in [1.165, 1.54) is 21.6 Å². The van der Waals surface area contributed by atoms with Gasteiger partial charge in [-0.25, -0.2) is 13.9 Å². The second kappa shape index (κ2) is 8.79. The Labute approximate surface area is 160 Å². The standard InChI is InChI=1S/C18H22FN5O4/c1-28-9-3-6-20-15(25)12-24-18(27)23-8-7-22(17(26)16(23)21-24)11-13-4-2-5-14(19)10-13/h2,4-5,10H,3,6-9,11-12H2,1H3,(H,20,25). The summed E-state index contributed by atoms with van der Waals surface area (Å²) >= 11 is 0. The van der Waals surface area contributed by atoms with Crippen molar-refractivity contribution in [2.75, 3.05) is 26.8 Å². The minimum Gasteiger partial charge on any atom is -0.385 e. The highest BCUT2D eigenvalue weighted by Gasteiger charge is 2.30. The zero-order valence-electron chi connectivity index (χ0n) is 15.6. The molecule has 1 aromatic carbocycles. The molecule has 28 heavy (non-hydrogen) atoms. The van der Waals surface area contributed by atoms with Crippen LogP contribution in [-0.2, 0) is 29.2 Å². The first-order chi connectivity index (χ1) is 13.5. The highest BCUT2D eigenvalue weighted by atomic mass is 19.1. The molecule has 150 valence electrons. The monoisotopic (exact) mass is 391 g/mol. The number of aromatic nitrogens is 3. The van der Waals surface area contributed by atoms with Crippen molar-refractivity contribution in [3.63, 3.8) is 0 Å². The molecule has 0 bridgehead atoms. The second-order valence-corrected chi connectivity index (χ2v) is 6.47. The van der Waals surface area contributed by atoms with Gasteiger partial charge in [-0.2, -0.15) is 0 Å². The molecule has 0 saturated carbocycles. The number of fused-ring (bicyclic) bond motifs is 1. The zero-order valence-corrected chi connectivity index (χ0v) is 15.6. The number of benzene rings is 1. The largest absolute Gasteiger partial charge is 0.385 e. The van der Waals surface area contributed by atoms with Crippen LogP contribution in [-0.4, -0.2) is 57.9 Å². The zero-order chi connectivity index (χ0) is 20.1. The van der Waals surface area contributed by atoms with Crippen molar-refractivity contribution in [2.24, 2.45) is 0 Å². The van der Waals surface area contributed by atoms with Crippen LogP contribution >= 0.6 is 0 Å². The van der Waals surface area contributed by atoms with Gasteiger partial charge >= 0.3 is 5.69 Å². The van der Waals surface area contributed by atoms with Crippen LogP contribution in [0.4, 0.5) is 4.39 Å². The van der Waals surface area contributed by atoms with Crippen LogP contribution in [0.15, 0.2) is 29.1 Å². The second-order valence-electron chi connectivity index (χ2n) is 6.47. The lowest BCUT2D eigenvalue weighted by atomic mass is 10.2. The number of nitrogens with one attached hydrogen (secondary N) is 1. The molecule has 9 nitrogen and oxygen atoms in total. The number of carbonyl (C=O) groups is 2. The summed E-state index contributed by atoms with van der Waals surface area (Å²) in [5.41, 5.74) is 0.153. The molecule has 2 heterocycles. The molecule has 0 aliphatic carbocycles. The highest BCUT2D eigenvalue weighted by molar-refractivity contribution is 5.91. The quantitative estimate of drug-likeness (QED) is 0.639. The van der Waals surface area contributed by atoms with Crippen molar-refractivity contribution in [1.29, 1.82) is 0 Å². The van der Waals surface area contributed by atoms with Crippen molar-refractivity contribution in [3.05, 3.63) is 52.0 Å². The van der Waals surface area contributed by atoms with Crippen molar-refractivity contribution < 1.29 is 18.7 Å². The van der Waals surface area contributed by atoms with Gasteiger partial charge < -0.3 is 15.0 Å². The number of carbonyl (C=O) groups excluding carboxylic acids is 2. The van der Waals surface area contributed by atoms with E-state index in [2.05, 4.69) is 10.4 Å². The lowest BCUT2D eigenvalue weighted by Crippen LogP contribution is -2.42. The lowest BCUT2D eigenvalue weighted by Gasteiger charge is -2.26. The Bertz CT molecular complexity index is 923. The molecule has 0 saturated heterocycles. The maximum Gasteiger partial charge on any atom is 0.346 e. The van der Waals surface area contributed by atoms with Gasteiger partial charge in [0, 0.05) is 39.9 Å². The van der Waals surface area contributed by atoms with E-state index in [0.717, 1.165) is 4.68 Å².